The van der Waals surface area contributed by atoms with Crippen LogP contribution in [0.1, 0.15) is 5.69 Å². The van der Waals surface area contributed by atoms with Crippen LogP contribution in [0, 0.1) is 11.3 Å². The molecule has 5 heteroatoms. The predicted octanol–water partition coefficient (Wildman–Crippen LogP) is 4.13. The van der Waals surface area contributed by atoms with Gasteiger partial charge in [-0.2, -0.15) is 10.4 Å². The molecular formula is C14H8ClN3S. The van der Waals surface area contributed by atoms with E-state index in [1.807, 2.05) is 41.8 Å². The highest BCUT2D eigenvalue weighted by atomic mass is 35.5. The van der Waals surface area contributed by atoms with Crippen LogP contribution in [0.15, 0.2) is 47.8 Å². The molecule has 0 aliphatic carbocycles. The Labute approximate surface area is 119 Å². The average molecular weight is 286 g/mol. The largest absolute Gasteiger partial charge is 0.229 e. The van der Waals surface area contributed by atoms with Gasteiger partial charge in [-0.3, -0.25) is 0 Å². The Bertz CT molecular complexity index is 753. The summed E-state index contributed by atoms with van der Waals surface area (Å²) in [7, 11) is 0. The van der Waals surface area contributed by atoms with Crippen molar-refractivity contribution in [2.75, 3.05) is 0 Å². The summed E-state index contributed by atoms with van der Waals surface area (Å²) in [5, 5.41) is 15.9. The number of rotatable bonds is 2. The molecule has 0 spiro atoms. The van der Waals surface area contributed by atoms with E-state index in [-0.39, 0.29) is 0 Å². The van der Waals surface area contributed by atoms with Crippen molar-refractivity contribution in [1.82, 2.24) is 9.78 Å². The summed E-state index contributed by atoms with van der Waals surface area (Å²) >= 11 is 7.81. The molecule has 3 aromatic rings. The molecule has 1 aromatic carbocycles. The van der Waals surface area contributed by atoms with Gasteiger partial charge in [-0.1, -0.05) is 29.8 Å². The van der Waals surface area contributed by atoms with Crippen molar-refractivity contribution in [3.63, 3.8) is 0 Å². The first kappa shape index (κ1) is 12.0. The van der Waals surface area contributed by atoms with Crippen LogP contribution < -0.4 is 0 Å². The van der Waals surface area contributed by atoms with Crippen LogP contribution in [0.4, 0.5) is 0 Å². The molecule has 0 saturated heterocycles. The van der Waals surface area contributed by atoms with Gasteiger partial charge in [0.15, 0.2) is 5.69 Å². The Hall–Kier alpha value is -2.09. The minimum atomic E-state index is 0.378. The van der Waals surface area contributed by atoms with Crippen LogP contribution in [-0.2, 0) is 0 Å². The van der Waals surface area contributed by atoms with Gasteiger partial charge in [-0.25, -0.2) is 4.68 Å². The number of hydrogen-bond donors (Lipinski definition) is 0. The zero-order valence-corrected chi connectivity index (χ0v) is 11.3. The zero-order chi connectivity index (χ0) is 13.2. The summed E-state index contributed by atoms with van der Waals surface area (Å²) in [6.07, 6.45) is 0. The lowest BCUT2D eigenvalue weighted by atomic mass is 10.3. The van der Waals surface area contributed by atoms with E-state index in [2.05, 4.69) is 11.2 Å². The molecule has 3 nitrogen and oxygen atoms in total. The quantitative estimate of drug-likeness (QED) is 0.710. The molecule has 0 bridgehead atoms. The van der Waals surface area contributed by atoms with E-state index in [0.29, 0.717) is 10.7 Å². The molecule has 92 valence electrons. The van der Waals surface area contributed by atoms with E-state index < -0.39 is 0 Å². The topological polar surface area (TPSA) is 41.6 Å². The number of aromatic nitrogens is 2. The van der Waals surface area contributed by atoms with Crippen molar-refractivity contribution in [1.29, 1.82) is 5.26 Å². The third kappa shape index (κ3) is 2.14. The van der Waals surface area contributed by atoms with Crippen molar-refractivity contribution < 1.29 is 0 Å². The average Bonchev–Trinajstić information content (AvgIpc) is 3.08. The normalized spacial score (nSPS) is 10.3. The Morgan fingerprint density at radius 3 is 2.74 bits per heavy atom. The minimum Gasteiger partial charge on any atom is -0.229 e. The predicted molar refractivity (Wildman–Crippen MR) is 76.6 cm³/mol. The van der Waals surface area contributed by atoms with Crippen LogP contribution in [0.25, 0.3) is 16.3 Å². The lowest BCUT2D eigenvalue weighted by Crippen LogP contribution is -1.99. The molecule has 0 unspecified atom stereocenters. The van der Waals surface area contributed by atoms with Gasteiger partial charge in [0.2, 0.25) is 0 Å². The van der Waals surface area contributed by atoms with Gasteiger partial charge < -0.3 is 0 Å². The first-order valence-electron chi connectivity index (χ1n) is 5.58. The second-order valence-corrected chi connectivity index (χ2v) is 5.22. The fraction of sp³-hybridized carbons (Fsp3) is 0. The second-order valence-electron chi connectivity index (χ2n) is 3.87. The number of thiophene rings is 1. The monoisotopic (exact) mass is 285 g/mol. The molecule has 0 amide bonds. The number of nitriles is 1. The maximum Gasteiger partial charge on any atom is 0.163 e. The highest BCUT2D eigenvalue weighted by molar-refractivity contribution is 7.13. The molecule has 0 N–H and O–H groups in total. The third-order valence-electron chi connectivity index (χ3n) is 2.68. The molecule has 0 radical (unpaired) electrons. The molecule has 3 rings (SSSR count). The Kier molecular flexibility index (Phi) is 3.08. The maximum absolute atomic E-state index is 9.03. The van der Waals surface area contributed by atoms with Crippen LogP contribution in [-0.4, -0.2) is 9.78 Å². The summed E-state index contributed by atoms with van der Waals surface area (Å²) in [6, 6.07) is 15.3. The Morgan fingerprint density at radius 1 is 1.21 bits per heavy atom. The minimum absolute atomic E-state index is 0.378. The number of nitrogens with zero attached hydrogens (tertiary/aromatic N) is 3. The SMILES string of the molecule is N#Cc1cc(-c2cccs2)n(-c2ccccc2Cl)n1. The van der Waals surface area contributed by atoms with Crippen molar-refractivity contribution in [2.45, 2.75) is 0 Å². The van der Waals surface area contributed by atoms with E-state index in [9.17, 15) is 0 Å². The maximum atomic E-state index is 9.03. The zero-order valence-electron chi connectivity index (χ0n) is 9.75. The Balaban J connectivity index is 2.24. The third-order valence-corrected chi connectivity index (χ3v) is 3.89. The molecule has 0 aliphatic rings. The van der Waals surface area contributed by atoms with E-state index in [1.54, 1.807) is 22.1 Å². The van der Waals surface area contributed by atoms with E-state index >= 15 is 0 Å². The Morgan fingerprint density at radius 2 is 2.05 bits per heavy atom. The molecule has 0 atom stereocenters. The number of halogens is 1. The van der Waals surface area contributed by atoms with Crippen molar-refractivity contribution in [2.24, 2.45) is 0 Å². The summed E-state index contributed by atoms with van der Waals surface area (Å²) in [4.78, 5) is 1.05. The molecule has 0 aliphatic heterocycles. The lowest BCUT2D eigenvalue weighted by Gasteiger charge is -2.07. The van der Waals surface area contributed by atoms with Crippen molar-refractivity contribution in [3.05, 3.63) is 58.6 Å². The van der Waals surface area contributed by atoms with Gasteiger partial charge in [0.05, 0.1) is 21.3 Å². The van der Waals surface area contributed by atoms with Crippen LogP contribution in [0.3, 0.4) is 0 Å². The van der Waals surface area contributed by atoms with Gasteiger partial charge in [0.25, 0.3) is 0 Å². The number of benzene rings is 1. The smallest absolute Gasteiger partial charge is 0.163 e. The summed E-state index contributed by atoms with van der Waals surface area (Å²) in [5.74, 6) is 0. The van der Waals surface area contributed by atoms with Gasteiger partial charge in [-0.05, 0) is 23.6 Å². The highest BCUT2D eigenvalue weighted by Gasteiger charge is 2.14. The number of para-hydroxylation sites is 1. The van der Waals surface area contributed by atoms with Gasteiger partial charge in [0.1, 0.15) is 6.07 Å². The number of hydrogen-bond acceptors (Lipinski definition) is 3. The summed E-state index contributed by atoms with van der Waals surface area (Å²) in [5.41, 5.74) is 2.03. The molecule has 19 heavy (non-hydrogen) atoms. The standard InChI is InChI=1S/C14H8ClN3S/c15-11-4-1-2-5-12(11)18-13(8-10(9-16)17-18)14-6-3-7-19-14/h1-8H. The molecule has 0 saturated carbocycles. The van der Waals surface area contributed by atoms with E-state index in [1.165, 1.54) is 0 Å². The molecule has 2 aromatic heterocycles. The van der Waals surface area contributed by atoms with Gasteiger partial charge in [0, 0.05) is 6.07 Å². The fourth-order valence-electron chi connectivity index (χ4n) is 1.84. The highest BCUT2D eigenvalue weighted by Crippen LogP contribution is 2.30. The van der Waals surface area contributed by atoms with Gasteiger partial charge >= 0.3 is 0 Å². The van der Waals surface area contributed by atoms with Gasteiger partial charge in [-0.15, -0.1) is 11.3 Å². The summed E-state index contributed by atoms with van der Waals surface area (Å²) < 4.78 is 1.72. The first-order chi connectivity index (χ1) is 9.29. The molecular weight excluding hydrogens is 278 g/mol. The fourth-order valence-corrected chi connectivity index (χ4v) is 2.79. The first-order valence-corrected chi connectivity index (χ1v) is 6.84. The van der Waals surface area contributed by atoms with Crippen molar-refractivity contribution in [3.8, 4) is 22.3 Å². The van der Waals surface area contributed by atoms with Crippen LogP contribution >= 0.6 is 22.9 Å². The summed E-state index contributed by atoms with van der Waals surface area (Å²) in [6.45, 7) is 0. The van der Waals surface area contributed by atoms with E-state index in [0.717, 1.165) is 16.3 Å². The lowest BCUT2D eigenvalue weighted by molar-refractivity contribution is 0.882. The molecule has 0 fully saturated rings. The van der Waals surface area contributed by atoms with Crippen LogP contribution in [0.2, 0.25) is 5.02 Å². The van der Waals surface area contributed by atoms with Crippen LogP contribution in [0.5, 0.6) is 0 Å². The second kappa shape index (κ2) is 4.88. The van der Waals surface area contributed by atoms with E-state index in [4.69, 9.17) is 16.9 Å². The molecule has 2 heterocycles. The van der Waals surface area contributed by atoms with Crippen molar-refractivity contribution >= 4 is 22.9 Å².